The summed E-state index contributed by atoms with van der Waals surface area (Å²) in [5, 5.41) is 0.242. The van der Waals surface area contributed by atoms with Crippen LogP contribution in [0.4, 0.5) is 13.2 Å². The van der Waals surface area contributed by atoms with Crippen LogP contribution in [-0.4, -0.2) is 11.0 Å². The molecule has 0 aliphatic heterocycles. The molecule has 0 radical (unpaired) electrons. The number of nitrogens with zero attached hydrogens (tertiary/aromatic N) is 1. The van der Waals surface area contributed by atoms with Gasteiger partial charge in [-0.1, -0.05) is 17.7 Å². The molecule has 118 valence electrons. The van der Waals surface area contributed by atoms with E-state index in [9.17, 15) is 13.2 Å². The van der Waals surface area contributed by atoms with Crippen molar-refractivity contribution in [1.29, 1.82) is 0 Å². The Labute approximate surface area is 136 Å². The SMILES string of the molecule is Cl.N[C@H]1C[C@@H]1c1ccc(-c2cc(C(F)(F)F)ccc2Cl)nc1. The molecule has 0 saturated heterocycles. The average Bonchev–Trinajstić information content (AvgIpc) is 3.15. The first kappa shape index (κ1) is 17.1. The molecule has 1 heterocycles. The molecule has 1 aliphatic carbocycles. The highest BCUT2D eigenvalue weighted by Gasteiger charge is 2.35. The minimum absolute atomic E-state index is 0. The standard InChI is InChI=1S/C15H12ClF3N2.ClH/c16-12-3-2-9(15(17,18)19)5-11(12)14-4-1-8(7-21-14)10-6-13(10)20;/h1-5,7,10,13H,6,20H2;1H/t10-,13+;/m1./s1. The average molecular weight is 349 g/mol. The van der Waals surface area contributed by atoms with Crippen molar-refractivity contribution in [3.05, 3.63) is 52.7 Å². The van der Waals surface area contributed by atoms with Crippen LogP contribution in [0.5, 0.6) is 0 Å². The molecule has 7 heteroatoms. The summed E-state index contributed by atoms with van der Waals surface area (Å²) in [6.07, 6.45) is -1.82. The third-order valence-electron chi connectivity index (χ3n) is 3.62. The lowest BCUT2D eigenvalue weighted by Crippen LogP contribution is -2.05. The summed E-state index contributed by atoms with van der Waals surface area (Å²) in [7, 11) is 0. The fourth-order valence-corrected chi connectivity index (χ4v) is 2.49. The van der Waals surface area contributed by atoms with Gasteiger partial charge in [0, 0.05) is 28.7 Å². The quantitative estimate of drug-likeness (QED) is 0.857. The van der Waals surface area contributed by atoms with Gasteiger partial charge in [-0.15, -0.1) is 12.4 Å². The molecule has 0 unspecified atom stereocenters. The van der Waals surface area contributed by atoms with Gasteiger partial charge in [0.1, 0.15) is 0 Å². The zero-order valence-electron chi connectivity index (χ0n) is 11.3. The molecule has 0 amide bonds. The van der Waals surface area contributed by atoms with Gasteiger partial charge in [-0.05, 0) is 36.2 Å². The van der Waals surface area contributed by atoms with Crippen LogP contribution in [0.1, 0.15) is 23.5 Å². The highest BCUT2D eigenvalue weighted by atomic mass is 35.5. The first-order valence-corrected chi connectivity index (χ1v) is 6.82. The molecule has 1 aliphatic rings. The van der Waals surface area contributed by atoms with E-state index in [0.29, 0.717) is 11.6 Å². The van der Waals surface area contributed by atoms with Crippen LogP contribution >= 0.6 is 24.0 Å². The van der Waals surface area contributed by atoms with E-state index in [2.05, 4.69) is 4.98 Å². The fraction of sp³-hybridized carbons (Fsp3) is 0.267. The maximum atomic E-state index is 12.8. The van der Waals surface area contributed by atoms with Crippen molar-refractivity contribution in [3.8, 4) is 11.3 Å². The number of benzene rings is 1. The van der Waals surface area contributed by atoms with E-state index >= 15 is 0 Å². The van der Waals surface area contributed by atoms with E-state index < -0.39 is 11.7 Å². The van der Waals surface area contributed by atoms with E-state index in [1.54, 1.807) is 12.3 Å². The van der Waals surface area contributed by atoms with Crippen molar-refractivity contribution in [1.82, 2.24) is 4.98 Å². The largest absolute Gasteiger partial charge is 0.416 e. The summed E-state index contributed by atoms with van der Waals surface area (Å²) in [6.45, 7) is 0. The smallest absolute Gasteiger partial charge is 0.327 e. The molecule has 2 aromatic rings. The summed E-state index contributed by atoms with van der Waals surface area (Å²) in [5.41, 5.74) is 6.73. The molecule has 1 saturated carbocycles. The zero-order valence-corrected chi connectivity index (χ0v) is 12.8. The second kappa shape index (κ2) is 6.07. The van der Waals surface area contributed by atoms with Gasteiger partial charge >= 0.3 is 6.18 Å². The second-order valence-corrected chi connectivity index (χ2v) is 5.58. The summed E-state index contributed by atoms with van der Waals surface area (Å²) in [4.78, 5) is 4.22. The van der Waals surface area contributed by atoms with Crippen molar-refractivity contribution < 1.29 is 13.2 Å². The molecule has 1 fully saturated rings. The maximum absolute atomic E-state index is 12.8. The Morgan fingerprint density at radius 1 is 1.18 bits per heavy atom. The molecule has 2 N–H and O–H groups in total. The van der Waals surface area contributed by atoms with Crippen molar-refractivity contribution in [2.75, 3.05) is 0 Å². The zero-order chi connectivity index (χ0) is 15.2. The summed E-state index contributed by atoms with van der Waals surface area (Å²) < 4.78 is 38.3. The fourth-order valence-electron chi connectivity index (χ4n) is 2.28. The molecule has 22 heavy (non-hydrogen) atoms. The van der Waals surface area contributed by atoms with Crippen LogP contribution in [0.2, 0.25) is 5.02 Å². The Kier molecular flexibility index (Phi) is 4.70. The Morgan fingerprint density at radius 3 is 2.36 bits per heavy atom. The van der Waals surface area contributed by atoms with Gasteiger partial charge in [0.05, 0.1) is 11.3 Å². The summed E-state index contributed by atoms with van der Waals surface area (Å²) in [5.74, 6) is 0.309. The van der Waals surface area contributed by atoms with Gasteiger partial charge in [0.2, 0.25) is 0 Å². The van der Waals surface area contributed by atoms with Crippen LogP contribution in [0, 0.1) is 0 Å². The van der Waals surface area contributed by atoms with Gasteiger partial charge in [-0.25, -0.2) is 0 Å². The molecule has 2 nitrogen and oxygen atoms in total. The summed E-state index contributed by atoms with van der Waals surface area (Å²) in [6, 6.07) is 6.91. The number of rotatable bonds is 2. The third kappa shape index (κ3) is 3.37. The molecule has 1 aromatic heterocycles. The lowest BCUT2D eigenvalue weighted by molar-refractivity contribution is -0.137. The van der Waals surface area contributed by atoms with Crippen molar-refractivity contribution in [2.45, 2.75) is 24.6 Å². The van der Waals surface area contributed by atoms with E-state index in [0.717, 1.165) is 24.1 Å². The van der Waals surface area contributed by atoms with Crippen molar-refractivity contribution in [3.63, 3.8) is 0 Å². The number of nitrogens with two attached hydrogens (primary N) is 1. The van der Waals surface area contributed by atoms with E-state index in [-0.39, 0.29) is 29.0 Å². The lowest BCUT2D eigenvalue weighted by Gasteiger charge is -2.10. The van der Waals surface area contributed by atoms with Gasteiger partial charge in [-0.3, -0.25) is 4.98 Å². The predicted octanol–water partition coefficient (Wildman–Crippen LogP) is 4.66. The van der Waals surface area contributed by atoms with E-state index in [4.69, 9.17) is 17.3 Å². The monoisotopic (exact) mass is 348 g/mol. The molecule has 0 bridgehead atoms. The molecule has 1 aromatic carbocycles. The van der Waals surface area contributed by atoms with Gasteiger partial charge < -0.3 is 5.73 Å². The van der Waals surface area contributed by atoms with E-state index in [1.807, 2.05) is 6.07 Å². The van der Waals surface area contributed by atoms with Crippen LogP contribution in [0.25, 0.3) is 11.3 Å². The number of aromatic nitrogens is 1. The Morgan fingerprint density at radius 2 is 1.86 bits per heavy atom. The van der Waals surface area contributed by atoms with Crippen LogP contribution in [0.15, 0.2) is 36.5 Å². The third-order valence-corrected chi connectivity index (χ3v) is 3.95. The lowest BCUT2D eigenvalue weighted by atomic mass is 10.1. The van der Waals surface area contributed by atoms with Crippen LogP contribution in [-0.2, 0) is 6.18 Å². The minimum atomic E-state index is -4.40. The van der Waals surface area contributed by atoms with Crippen LogP contribution in [0.3, 0.4) is 0 Å². The predicted molar refractivity (Wildman–Crippen MR) is 82.3 cm³/mol. The van der Waals surface area contributed by atoms with Gasteiger partial charge in [0.25, 0.3) is 0 Å². The molecule has 0 spiro atoms. The molecular weight excluding hydrogens is 336 g/mol. The van der Waals surface area contributed by atoms with Crippen molar-refractivity contribution in [2.24, 2.45) is 5.73 Å². The minimum Gasteiger partial charge on any atom is -0.327 e. The van der Waals surface area contributed by atoms with Gasteiger partial charge in [0.15, 0.2) is 0 Å². The number of hydrogen-bond donors (Lipinski definition) is 1. The van der Waals surface area contributed by atoms with Crippen molar-refractivity contribution >= 4 is 24.0 Å². The Hall–Kier alpha value is -1.30. The number of hydrogen-bond acceptors (Lipinski definition) is 2. The van der Waals surface area contributed by atoms with Crippen LogP contribution < -0.4 is 5.73 Å². The number of pyridine rings is 1. The first-order chi connectivity index (χ1) is 9.86. The number of alkyl halides is 3. The summed E-state index contributed by atoms with van der Waals surface area (Å²) >= 11 is 5.99. The topological polar surface area (TPSA) is 38.9 Å². The second-order valence-electron chi connectivity index (χ2n) is 5.18. The highest BCUT2D eigenvalue weighted by Crippen LogP contribution is 2.40. The molecule has 2 atom stereocenters. The molecular formula is C15H13Cl2F3N2. The Bertz CT molecular complexity index is 671. The maximum Gasteiger partial charge on any atom is 0.416 e. The first-order valence-electron chi connectivity index (χ1n) is 6.45. The normalized spacial score (nSPS) is 20.4. The number of halogens is 5. The molecule has 3 rings (SSSR count). The Balaban J connectivity index is 0.00000176. The van der Waals surface area contributed by atoms with Gasteiger partial charge in [-0.2, -0.15) is 13.2 Å². The highest BCUT2D eigenvalue weighted by molar-refractivity contribution is 6.33. The van der Waals surface area contributed by atoms with E-state index in [1.165, 1.54) is 6.07 Å².